The Bertz CT molecular complexity index is 556. The molecule has 1 amide bonds. The fraction of sp³-hybridized carbons (Fsp3) is 0.857. The predicted molar refractivity (Wildman–Crippen MR) is 80.5 cm³/mol. The van der Waals surface area contributed by atoms with Gasteiger partial charge in [-0.15, -0.1) is 0 Å². The second kappa shape index (κ2) is 5.35. The third-order valence-corrected chi connectivity index (χ3v) is 6.31. The smallest absolute Gasteiger partial charge is 0.253 e. The summed E-state index contributed by atoms with van der Waals surface area (Å²) in [5, 5.41) is 2.98. The molecule has 0 aromatic heterocycles. The number of nitrogens with one attached hydrogen (secondary N) is 1. The normalized spacial score (nSPS) is 27.7. The van der Waals surface area contributed by atoms with E-state index in [-0.39, 0.29) is 5.91 Å². The molecule has 118 valence electrons. The maximum Gasteiger partial charge on any atom is 0.253 e. The number of aliphatic imine (C=N–C) groups is 1. The summed E-state index contributed by atoms with van der Waals surface area (Å²) in [4.78, 5) is 17.1. The first-order valence-corrected chi connectivity index (χ1v) is 9.62. The molecule has 3 rings (SSSR count). The fourth-order valence-corrected chi connectivity index (χ4v) is 4.48. The summed E-state index contributed by atoms with van der Waals surface area (Å²) >= 11 is 0. The minimum Gasteiger partial charge on any atom is -0.312 e. The lowest BCUT2D eigenvalue weighted by Gasteiger charge is -2.34. The molecule has 1 spiro atoms. The molecule has 3 aliphatic rings. The molecule has 2 aliphatic heterocycles. The van der Waals surface area contributed by atoms with Crippen LogP contribution < -0.4 is 5.32 Å². The van der Waals surface area contributed by atoms with Gasteiger partial charge in [-0.25, -0.2) is 12.7 Å². The maximum atomic E-state index is 12.4. The van der Waals surface area contributed by atoms with Crippen molar-refractivity contribution in [3.8, 4) is 0 Å². The van der Waals surface area contributed by atoms with E-state index in [0.29, 0.717) is 31.8 Å². The van der Waals surface area contributed by atoms with Gasteiger partial charge in [-0.2, -0.15) is 0 Å². The van der Waals surface area contributed by atoms with E-state index < -0.39 is 15.6 Å². The number of sulfonamides is 1. The Morgan fingerprint density at radius 1 is 1.19 bits per heavy atom. The van der Waals surface area contributed by atoms with Gasteiger partial charge < -0.3 is 5.32 Å². The zero-order valence-corrected chi connectivity index (χ0v) is 13.3. The number of hydrogen-bond donors (Lipinski definition) is 1. The molecule has 1 aliphatic carbocycles. The Morgan fingerprint density at radius 3 is 2.38 bits per heavy atom. The van der Waals surface area contributed by atoms with Gasteiger partial charge in [-0.05, 0) is 25.7 Å². The van der Waals surface area contributed by atoms with E-state index in [0.717, 1.165) is 18.7 Å². The highest BCUT2D eigenvalue weighted by Gasteiger charge is 2.47. The first kappa shape index (κ1) is 15.0. The molecule has 1 N–H and O–H groups in total. The Kier molecular flexibility index (Phi) is 3.81. The van der Waals surface area contributed by atoms with Crippen LogP contribution in [0.3, 0.4) is 0 Å². The van der Waals surface area contributed by atoms with E-state index in [1.165, 1.54) is 29.8 Å². The number of carbonyl (C=O) groups is 1. The molecule has 1 saturated heterocycles. The Hall–Kier alpha value is -0.950. The molecule has 0 atom stereocenters. The van der Waals surface area contributed by atoms with Crippen LogP contribution in [0.2, 0.25) is 0 Å². The number of nitrogens with zero attached hydrogens (tertiary/aromatic N) is 2. The number of amidine groups is 1. The van der Waals surface area contributed by atoms with Crippen LogP contribution in [0.25, 0.3) is 0 Å². The number of amides is 1. The Morgan fingerprint density at radius 2 is 1.81 bits per heavy atom. The van der Waals surface area contributed by atoms with Crippen molar-refractivity contribution in [1.29, 1.82) is 0 Å². The zero-order valence-electron chi connectivity index (χ0n) is 12.5. The third-order valence-electron chi connectivity index (χ3n) is 5.01. The van der Waals surface area contributed by atoms with Gasteiger partial charge in [0.15, 0.2) is 0 Å². The van der Waals surface area contributed by atoms with Gasteiger partial charge in [0.05, 0.1) is 6.26 Å². The standard InChI is InChI=1S/C14H23N3O3S/c1-21(19,20)17-9-7-14(8-10-17)13(18)15-12(16-14)11-5-3-2-4-6-11/h11H,2-10H2,1H3,(H,15,16,18). The van der Waals surface area contributed by atoms with Crippen LogP contribution in [0.5, 0.6) is 0 Å². The molecular formula is C14H23N3O3S. The summed E-state index contributed by atoms with van der Waals surface area (Å²) < 4.78 is 24.6. The third kappa shape index (κ3) is 2.85. The average Bonchev–Trinajstić information content (AvgIpc) is 2.77. The zero-order chi connectivity index (χ0) is 15.1. The van der Waals surface area contributed by atoms with E-state index >= 15 is 0 Å². The fourth-order valence-electron chi connectivity index (χ4n) is 3.64. The average molecular weight is 313 g/mol. The molecule has 0 unspecified atom stereocenters. The van der Waals surface area contributed by atoms with Crippen molar-refractivity contribution < 1.29 is 13.2 Å². The molecule has 0 radical (unpaired) electrons. The van der Waals surface area contributed by atoms with E-state index in [2.05, 4.69) is 5.32 Å². The first-order valence-electron chi connectivity index (χ1n) is 7.77. The van der Waals surface area contributed by atoms with Gasteiger partial charge >= 0.3 is 0 Å². The molecule has 0 bridgehead atoms. The van der Waals surface area contributed by atoms with E-state index in [1.54, 1.807) is 0 Å². The van der Waals surface area contributed by atoms with Crippen molar-refractivity contribution in [2.75, 3.05) is 19.3 Å². The van der Waals surface area contributed by atoms with Crippen molar-refractivity contribution >= 4 is 21.8 Å². The highest BCUT2D eigenvalue weighted by molar-refractivity contribution is 7.88. The van der Waals surface area contributed by atoms with Crippen molar-refractivity contribution in [2.45, 2.75) is 50.5 Å². The molecule has 1 saturated carbocycles. The lowest BCUT2D eigenvalue weighted by Crippen LogP contribution is -2.50. The highest BCUT2D eigenvalue weighted by Crippen LogP contribution is 2.34. The molecule has 0 aromatic rings. The monoisotopic (exact) mass is 313 g/mol. The molecule has 21 heavy (non-hydrogen) atoms. The van der Waals surface area contributed by atoms with Crippen molar-refractivity contribution in [2.24, 2.45) is 10.9 Å². The second-order valence-corrected chi connectivity index (χ2v) is 8.46. The van der Waals surface area contributed by atoms with Crippen molar-refractivity contribution in [3.05, 3.63) is 0 Å². The predicted octanol–water partition coefficient (Wildman–Crippen LogP) is 0.889. The molecular weight excluding hydrogens is 290 g/mol. The molecule has 2 fully saturated rings. The van der Waals surface area contributed by atoms with Crippen LogP contribution in [-0.2, 0) is 14.8 Å². The van der Waals surface area contributed by atoms with Crippen LogP contribution in [0.1, 0.15) is 44.9 Å². The lowest BCUT2D eigenvalue weighted by atomic mass is 9.88. The van der Waals surface area contributed by atoms with Gasteiger partial charge in [0.1, 0.15) is 11.4 Å². The SMILES string of the molecule is CS(=O)(=O)N1CCC2(CC1)N=C(C1CCCCC1)NC2=O. The summed E-state index contributed by atoms with van der Waals surface area (Å²) in [6.07, 6.45) is 8.07. The van der Waals surface area contributed by atoms with Gasteiger partial charge in [0.2, 0.25) is 10.0 Å². The van der Waals surface area contributed by atoms with E-state index in [9.17, 15) is 13.2 Å². The number of rotatable bonds is 2. The van der Waals surface area contributed by atoms with Gasteiger partial charge in [0.25, 0.3) is 5.91 Å². The quantitative estimate of drug-likeness (QED) is 0.822. The van der Waals surface area contributed by atoms with E-state index in [1.807, 2.05) is 0 Å². The number of carbonyl (C=O) groups excluding carboxylic acids is 1. The first-order chi connectivity index (χ1) is 9.91. The van der Waals surface area contributed by atoms with Crippen LogP contribution in [0, 0.1) is 5.92 Å². The van der Waals surface area contributed by atoms with Crippen molar-refractivity contribution in [1.82, 2.24) is 9.62 Å². The summed E-state index contributed by atoms with van der Waals surface area (Å²) in [7, 11) is -3.17. The molecule has 2 heterocycles. The van der Waals surface area contributed by atoms with Crippen LogP contribution in [-0.4, -0.2) is 49.4 Å². The van der Waals surface area contributed by atoms with Crippen LogP contribution in [0.4, 0.5) is 0 Å². The molecule has 0 aromatic carbocycles. The number of piperidine rings is 1. The van der Waals surface area contributed by atoms with E-state index in [4.69, 9.17) is 4.99 Å². The summed E-state index contributed by atoms with van der Waals surface area (Å²) in [6, 6.07) is 0. The minimum absolute atomic E-state index is 0.0313. The highest BCUT2D eigenvalue weighted by atomic mass is 32.2. The maximum absolute atomic E-state index is 12.4. The molecule has 6 nitrogen and oxygen atoms in total. The summed E-state index contributed by atoms with van der Waals surface area (Å²) in [6.45, 7) is 0.765. The topological polar surface area (TPSA) is 78.8 Å². The van der Waals surface area contributed by atoms with Gasteiger partial charge in [-0.1, -0.05) is 19.3 Å². The van der Waals surface area contributed by atoms with Gasteiger partial charge in [0, 0.05) is 19.0 Å². The Balaban J connectivity index is 1.73. The molecule has 7 heteroatoms. The second-order valence-electron chi connectivity index (χ2n) is 6.48. The summed E-state index contributed by atoms with van der Waals surface area (Å²) in [5.74, 6) is 1.21. The Labute approximate surface area is 126 Å². The largest absolute Gasteiger partial charge is 0.312 e. The summed E-state index contributed by atoms with van der Waals surface area (Å²) in [5.41, 5.74) is -0.714. The number of hydrogen-bond acceptors (Lipinski definition) is 4. The minimum atomic E-state index is -3.17. The van der Waals surface area contributed by atoms with Crippen LogP contribution >= 0.6 is 0 Å². The van der Waals surface area contributed by atoms with Crippen LogP contribution in [0.15, 0.2) is 4.99 Å². The lowest BCUT2D eigenvalue weighted by molar-refractivity contribution is -0.125. The van der Waals surface area contributed by atoms with Gasteiger partial charge in [-0.3, -0.25) is 9.79 Å². The van der Waals surface area contributed by atoms with Crippen molar-refractivity contribution in [3.63, 3.8) is 0 Å².